The predicted octanol–water partition coefficient (Wildman–Crippen LogP) is 10.6. The molecule has 9 aromatic rings. The monoisotopic (exact) mass is 1410 g/mol. The summed E-state index contributed by atoms with van der Waals surface area (Å²) < 4.78 is 86.9. The number of likely N-dealkylation sites (N-methyl/N-ethyl adjacent to an activating group) is 3. The molecule has 3 radical (unpaired) electrons. The average molecular weight is 1410 g/mol. The lowest BCUT2D eigenvalue weighted by molar-refractivity contribution is -0.130. The molecule has 0 saturated carbocycles. The highest BCUT2D eigenvalue weighted by Gasteiger charge is 2.53. The van der Waals surface area contributed by atoms with Crippen molar-refractivity contribution in [3.05, 3.63) is 233 Å². The lowest BCUT2D eigenvalue weighted by Gasteiger charge is -2.25. The van der Waals surface area contributed by atoms with Gasteiger partial charge in [-0.25, -0.2) is 29.9 Å². The van der Waals surface area contributed by atoms with E-state index in [4.69, 9.17) is 17.2 Å². The molecule has 3 atom stereocenters. The molecule has 3 aliphatic rings. The Hall–Kier alpha value is -11.6. The van der Waals surface area contributed by atoms with Crippen LogP contribution >= 0.6 is 0 Å². The van der Waals surface area contributed by atoms with Crippen molar-refractivity contribution in [3.63, 3.8) is 0 Å². The van der Waals surface area contributed by atoms with Crippen LogP contribution in [0.15, 0.2) is 180 Å². The van der Waals surface area contributed by atoms with Gasteiger partial charge >= 0.3 is 0 Å². The van der Waals surface area contributed by atoms with Crippen LogP contribution in [0.2, 0.25) is 0 Å². The second-order valence-electron chi connectivity index (χ2n) is 24.3. The number of guanidine groups is 3. The van der Waals surface area contributed by atoms with Crippen LogP contribution in [0.3, 0.4) is 0 Å². The number of amides is 3. The Morgan fingerprint density at radius 2 is 0.660 bits per heavy atom. The number of aliphatic imine (C=N–C) groups is 3. The lowest BCUT2D eigenvalue weighted by Crippen LogP contribution is -2.41. The Morgan fingerprint density at radius 1 is 0.398 bits per heavy atom. The number of carbonyl (C=O) groups is 6. The number of hydrogen-bond acceptors (Lipinski definition) is 15. The van der Waals surface area contributed by atoms with Gasteiger partial charge in [-0.3, -0.25) is 56.6 Å². The van der Waals surface area contributed by atoms with Crippen molar-refractivity contribution in [1.29, 1.82) is 0 Å². The number of ketones is 3. The molecule has 0 spiro atoms. The van der Waals surface area contributed by atoms with Crippen molar-refractivity contribution in [2.24, 2.45) is 32.2 Å². The predicted molar refractivity (Wildman–Crippen MR) is 379 cm³/mol. The normalized spacial score (nSPS) is 17.7. The molecule has 1 unspecified atom stereocenters. The third kappa shape index (κ3) is 14.3. The Kier molecular flexibility index (Phi) is 23.5. The van der Waals surface area contributed by atoms with Gasteiger partial charge in [-0.2, -0.15) is 13.2 Å². The summed E-state index contributed by atoms with van der Waals surface area (Å²) in [6, 6.07) is 34.9. The Bertz CT molecular complexity index is 4330. The first-order valence-electron chi connectivity index (χ1n) is 32.9. The Labute approximate surface area is 592 Å². The Balaban J connectivity index is 0.000000179. The molecule has 3 aromatic carbocycles. The number of halogens is 6. The van der Waals surface area contributed by atoms with E-state index in [-0.39, 0.29) is 118 Å². The third-order valence-corrected chi connectivity index (χ3v) is 18.1. The number of pyridine rings is 3. The van der Waals surface area contributed by atoms with Crippen molar-refractivity contribution in [3.8, 4) is 33.4 Å². The fourth-order valence-corrected chi connectivity index (χ4v) is 12.7. The summed E-state index contributed by atoms with van der Waals surface area (Å²) in [4.78, 5) is 107. The lowest BCUT2D eigenvalue weighted by atomic mass is 9.83. The number of benzene rings is 3. The summed E-state index contributed by atoms with van der Waals surface area (Å²) in [5.74, 6) is -3.51. The molecule has 0 aliphatic carbocycles. The zero-order valence-corrected chi connectivity index (χ0v) is 57.5. The van der Waals surface area contributed by atoms with Crippen LogP contribution in [0.5, 0.6) is 0 Å². The molecule has 0 fully saturated rings. The molecule has 6 aromatic heterocycles. The van der Waals surface area contributed by atoms with Crippen LogP contribution in [-0.2, 0) is 50.6 Å². The van der Waals surface area contributed by atoms with E-state index in [2.05, 4.69) is 29.9 Å². The number of nitrogens with two attached hydrogens (primary N) is 3. The van der Waals surface area contributed by atoms with Crippen LogP contribution in [0.25, 0.3) is 33.4 Å². The van der Waals surface area contributed by atoms with Crippen molar-refractivity contribution < 1.29 is 55.1 Å². The third-order valence-electron chi connectivity index (χ3n) is 18.1. The van der Waals surface area contributed by atoms with Crippen LogP contribution in [0.1, 0.15) is 124 Å². The molecule has 0 bridgehead atoms. The van der Waals surface area contributed by atoms with Gasteiger partial charge in [-0.15, -0.1) is 0 Å². The maximum absolute atomic E-state index is 14.4. The number of Topliss-reactive ketones (excluding diaryl/α,β-unsaturated/α-hetero) is 3. The maximum Gasteiger partial charge on any atom is 0.266 e. The maximum atomic E-state index is 14.4. The minimum absolute atomic E-state index is 0. The molecule has 21 nitrogen and oxygen atoms in total. The van der Waals surface area contributed by atoms with Crippen LogP contribution < -0.4 is 17.2 Å². The smallest absolute Gasteiger partial charge is 0.266 e. The zero-order chi connectivity index (χ0) is 73.4. The van der Waals surface area contributed by atoms with Gasteiger partial charge in [0, 0.05) is 139 Å². The minimum atomic E-state index is -1.57. The number of rotatable bonds is 24. The molecule has 28 heteroatoms. The van der Waals surface area contributed by atoms with Gasteiger partial charge in [-0.05, 0) is 125 Å². The van der Waals surface area contributed by atoms with Crippen LogP contribution in [0.4, 0.5) is 26.3 Å². The van der Waals surface area contributed by atoms with Gasteiger partial charge in [0.2, 0.25) is 17.8 Å². The second-order valence-corrected chi connectivity index (χ2v) is 24.3. The van der Waals surface area contributed by atoms with E-state index in [1.807, 2.05) is 0 Å². The molecule has 3 aliphatic heterocycles. The summed E-state index contributed by atoms with van der Waals surface area (Å²) in [6.07, 6.45) is 10.5. The van der Waals surface area contributed by atoms with Crippen molar-refractivity contribution in [1.82, 2.24) is 43.4 Å². The summed E-state index contributed by atoms with van der Waals surface area (Å²) in [5, 5.41) is 0. The van der Waals surface area contributed by atoms with Gasteiger partial charge in [0.25, 0.3) is 17.7 Å². The number of alkyl halides is 3. The molecular formula is C75H75BF6N15O6. The number of carbonyl (C=O) groups excluding carboxylic acids is 6. The number of aromatic nitrogens is 6. The first-order chi connectivity index (χ1) is 49.0. The summed E-state index contributed by atoms with van der Waals surface area (Å²) in [6.45, 7) is 4.42. The first-order valence-corrected chi connectivity index (χ1v) is 32.9. The van der Waals surface area contributed by atoms with Crippen LogP contribution in [0, 0.1) is 17.8 Å². The quantitative estimate of drug-likeness (QED) is 0.0220. The molecule has 6 N–H and O–H groups in total. The highest BCUT2D eigenvalue weighted by Crippen LogP contribution is 2.45. The van der Waals surface area contributed by atoms with E-state index in [0.29, 0.717) is 67.2 Å². The van der Waals surface area contributed by atoms with E-state index in [9.17, 15) is 55.1 Å². The molecule has 9 heterocycles. The SMILES string of the molecule is CCC(=O)c1cc(C2(c3cccc(-c4cccnc4F)c3)N=C(N)N(C)C2=O)cn1CCCF.CCC(=O)c1cc([C@@]2(c3cccc(-c4cccnc4F)c3)N=C(N)N(C)C2=O)cn1CCCF.CCC(=O)c1cc([C@]2(c3cccc(-c4cccnc4F)c3)N=C(N)N(C)C2=O)cn1CCCF.[B]. The van der Waals surface area contributed by atoms with Gasteiger partial charge < -0.3 is 30.9 Å². The highest BCUT2D eigenvalue weighted by molar-refractivity contribution is 6.11. The van der Waals surface area contributed by atoms with Crippen molar-refractivity contribution in [2.45, 2.75) is 95.5 Å². The molecule has 12 rings (SSSR count). The molecule has 3 amide bonds. The van der Waals surface area contributed by atoms with Crippen molar-refractivity contribution in [2.75, 3.05) is 41.2 Å². The molecule has 531 valence electrons. The summed E-state index contributed by atoms with van der Waals surface area (Å²) in [7, 11) is 4.56. The molecular weight excluding hydrogens is 1330 g/mol. The van der Waals surface area contributed by atoms with E-state index in [0.717, 1.165) is 0 Å². The van der Waals surface area contributed by atoms with E-state index >= 15 is 0 Å². The van der Waals surface area contributed by atoms with Crippen molar-refractivity contribution >= 4 is 61.4 Å². The van der Waals surface area contributed by atoms with Crippen LogP contribution in [-0.4, -0.2) is 146 Å². The first kappa shape index (κ1) is 75.6. The molecule has 0 saturated heterocycles. The zero-order valence-electron chi connectivity index (χ0n) is 57.5. The summed E-state index contributed by atoms with van der Waals surface area (Å²) >= 11 is 0. The summed E-state index contributed by atoms with van der Waals surface area (Å²) in [5.41, 5.74) is 19.7. The van der Waals surface area contributed by atoms with Gasteiger partial charge in [0.05, 0.1) is 37.1 Å². The van der Waals surface area contributed by atoms with Gasteiger partial charge in [-0.1, -0.05) is 75.4 Å². The van der Waals surface area contributed by atoms with E-state index in [1.54, 1.807) is 180 Å². The fraction of sp³-hybridized carbons (Fsp3) is 0.280. The topological polar surface area (TPSA) is 281 Å². The average Bonchev–Trinajstić information content (AvgIpc) is 1.60. The number of hydrogen-bond donors (Lipinski definition) is 3. The number of aryl methyl sites for hydroxylation is 3. The molecule has 103 heavy (non-hydrogen) atoms. The standard InChI is InChI=1S/3C25H25F2N5O2.B/c3*1-3-21(33)20-14-18(15-32(20)12-6-10-26)25(23(34)31(2)24(28)30-25)17-8-4-7-16(13-17)19-9-5-11-29-22(19)27;/h3*4-5,7-9,11,13-15H,3,6,10,12H2,1-2H3,(H2,28,30);/t2*25-;;/m10../s1. The minimum Gasteiger partial charge on any atom is -0.369 e. The van der Waals surface area contributed by atoms with Gasteiger partial charge in [0.15, 0.2) is 51.8 Å². The highest BCUT2D eigenvalue weighted by atomic mass is 19.1. The fourth-order valence-electron chi connectivity index (χ4n) is 12.7. The Morgan fingerprint density at radius 3 is 0.874 bits per heavy atom. The largest absolute Gasteiger partial charge is 0.369 e. The number of nitrogens with zero attached hydrogens (tertiary/aromatic N) is 12. The van der Waals surface area contributed by atoms with E-state index < -0.39 is 72.2 Å². The second kappa shape index (κ2) is 32.0. The van der Waals surface area contributed by atoms with E-state index in [1.165, 1.54) is 54.4 Å². The van der Waals surface area contributed by atoms with Gasteiger partial charge in [0.1, 0.15) is 0 Å².